The zero-order valence-corrected chi connectivity index (χ0v) is 17.8. The van der Waals surface area contributed by atoms with Crippen LogP contribution < -0.4 is 26.6 Å². The van der Waals surface area contributed by atoms with Crippen molar-refractivity contribution in [3.63, 3.8) is 0 Å². The van der Waals surface area contributed by atoms with Crippen molar-refractivity contribution < 1.29 is 4.74 Å². The highest BCUT2D eigenvalue weighted by Crippen LogP contribution is 2.22. The van der Waals surface area contributed by atoms with E-state index in [4.69, 9.17) is 4.74 Å². The Morgan fingerprint density at radius 1 is 1.03 bits per heavy atom. The van der Waals surface area contributed by atoms with Crippen LogP contribution in [0.1, 0.15) is 43.3 Å². The van der Waals surface area contributed by atoms with E-state index in [0.717, 1.165) is 22.6 Å². The predicted octanol–water partition coefficient (Wildman–Crippen LogP) is 1.72. The number of hydrogen-bond donors (Lipinski definition) is 3. The van der Waals surface area contributed by atoms with E-state index in [-0.39, 0.29) is 21.7 Å². The van der Waals surface area contributed by atoms with Gasteiger partial charge in [-0.1, -0.05) is 39.0 Å². The normalized spacial score (nSPS) is 13.4. The third-order valence-electron chi connectivity index (χ3n) is 4.55. The maximum Gasteiger partial charge on any atom is 0.272 e. The molecular weight excluding hydrogens is 380 g/mol. The van der Waals surface area contributed by atoms with E-state index in [2.05, 4.69) is 19.9 Å². The molecule has 0 unspecified atom stereocenters. The van der Waals surface area contributed by atoms with Crippen molar-refractivity contribution in [2.45, 2.75) is 33.1 Å². The van der Waals surface area contributed by atoms with Crippen LogP contribution in [0.15, 0.2) is 40.2 Å². The summed E-state index contributed by atoms with van der Waals surface area (Å²) in [6.07, 6.45) is 8.27. The van der Waals surface area contributed by atoms with Crippen LogP contribution in [-0.4, -0.2) is 27.0 Å². The number of allylic oxidation sites excluding steroid dienone is 1. The van der Waals surface area contributed by atoms with Gasteiger partial charge >= 0.3 is 0 Å². The molecule has 7 heteroatoms. The number of aromatic nitrogens is 4. The lowest BCUT2D eigenvalue weighted by atomic mass is 9.90. The fourth-order valence-corrected chi connectivity index (χ4v) is 3.11. The quantitative estimate of drug-likeness (QED) is 0.614. The van der Waals surface area contributed by atoms with Gasteiger partial charge in [0.1, 0.15) is 16.4 Å². The third kappa shape index (κ3) is 4.86. The minimum atomic E-state index is -0.394. The van der Waals surface area contributed by atoms with Crippen LogP contribution in [0.25, 0.3) is 18.2 Å². The Hall–Kier alpha value is -3.61. The third-order valence-corrected chi connectivity index (χ3v) is 4.55. The van der Waals surface area contributed by atoms with Crippen molar-refractivity contribution in [2.24, 2.45) is 0 Å². The molecule has 0 saturated heterocycles. The number of nitrogens with one attached hydrogen (secondary N) is 3. The van der Waals surface area contributed by atoms with Gasteiger partial charge in [-0.15, -0.1) is 0 Å². The number of benzene rings is 1. The summed E-state index contributed by atoms with van der Waals surface area (Å²) in [5.74, 6) is 0.758. The van der Waals surface area contributed by atoms with Crippen LogP contribution in [0.3, 0.4) is 0 Å². The van der Waals surface area contributed by atoms with Crippen LogP contribution in [0, 0.1) is 6.92 Å². The first-order chi connectivity index (χ1) is 14.2. The summed E-state index contributed by atoms with van der Waals surface area (Å²) in [6, 6.07) is 5.82. The number of rotatable bonds is 4. The minimum absolute atomic E-state index is 0.155. The lowest BCUT2D eigenvalue weighted by Crippen LogP contribution is -2.46. The molecule has 0 bridgehead atoms. The molecular formula is C23H26N4O3. The van der Waals surface area contributed by atoms with Gasteiger partial charge in [-0.2, -0.15) is 0 Å². The smallest absolute Gasteiger partial charge is 0.272 e. The summed E-state index contributed by atoms with van der Waals surface area (Å²) in [5.41, 5.74) is 2.54. The van der Waals surface area contributed by atoms with Gasteiger partial charge in [0, 0.05) is 11.1 Å². The van der Waals surface area contributed by atoms with Crippen LogP contribution in [0.2, 0.25) is 0 Å². The summed E-state index contributed by atoms with van der Waals surface area (Å²) in [5, 5.41) is 0.327. The first-order valence-corrected chi connectivity index (χ1v) is 9.59. The summed E-state index contributed by atoms with van der Waals surface area (Å²) in [6.45, 7) is 8.10. The number of methoxy groups -OCH3 is 1. The van der Waals surface area contributed by atoms with Gasteiger partial charge in [0.15, 0.2) is 0 Å². The van der Waals surface area contributed by atoms with Gasteiger partial charge < -0.3 is 19.7 Å². The molecule has 0 aliphatic carbocycles. The lowest BCUT2D eigenvalue weighted by molar-refractivity contribution is 0.414. The molecule has 7 nitrogen and oxygen atoms in total. The Morgan fingerprint density at radius 2 is 1.73 bits per heavy atom. The van der Waals surface area contributed by atoms with E-state index in [1.54, 1.807) is 31.7 Å². The van der Waals surface area contributed by atoms with Gasteiger partial charge in [-0.25, -0.2) is 4.98 Å². The van der Waals surface area contributed by atoms with Gasteiger partial charge in [-0.3, -0.25) is 9.59 Å². The Bertz CT molecular complexity index is 1320. The van der Waals surface area contributed by atoms with Crippen molar-refractivity contribution >= 4 is 18.2 Å². The molecule has 0 atom stereocenters. The van der Waals surface area contributed by atoms with Crippen LogP contribution in [-0.2, 0) is 5.41 Å². The Morgan fingerprint density at radius 3 is 2.43 bits per heavy atom. The molecule has 2 heterocycles. The van der Waals surface area contributed by atoms with E-state index < -0.39 is 5.56 Å². The van der Waals surface area contributed by atoms with Gasteiger partial charge in [0.05, 0.1) is 19.1 Å². The molecule has 0 saturated carbocycles. The standard InChI is InChI=1S/C23H26N4O3/c1-14-9-15(11-16(10-14)30-5)7-6-8-17-21(28)27-19(22(29)26-17)12-18-20(23(2,3)4)25-13-24-18/h6-13H,1-5H3,(H,24,25)(H,26,29)(H,27,28)/b7-6+,17-8-,19-12-. The van der Waals surface area contributed by atoms with E-state index in [1.165, 1.54) is 0 Å². The molecule has 30 heavy (non-hydrogen) atoms. The molecule has 156 valence electrons. The van der Waals surface area contributed by atoms with Crippen molar-refractivity contribution in [1.82, 2.24) is 19.9 Å². The fraction of sp³-hybridized carbons (Fsp3) is 0.261. The zero-order chi connectivity index (χ0) is 21.9. The summed E-state index contributed by atoms with van der Waals surface area (Å²) in [4.78, 5) is 37.6. The first-order valence-electron chi connectivity index (χ1n) is 9.59. The number of aromatic amines is 3. The minimum Gasteiger partial charge on any atom is -0.497 e. The van der Waals surface area contributed by atoms with Crippen molar-refractivity contribution in [2.75, 3.05) is 7.11 Å². The maximum absolute atomic E-state index is 12.5. The molecule has 3 rings (SSSR count). The van der Waals surface area contributed by atoms with E-state index >= 15 is 0 Å². The maximum atomic E-state index is 12.5. The van der Waals surface area contributed by atoms with Gasteiger partial charge in [0.25, 0.3) is 11.1 Å². The number of hydrogen-bond acceptors (Lipinski definition) is 4. The number of nitrogens with zero attached hydrogens (tertiary/aromatic N) is 1. The monoisotopic (exact) mass is 406 g/mol. The van der Waals surface area contributed by atoms with Crippen LogP contribution in [0.5, 0.6) is 5.75 Å². The lowest BCUT2D eigenvalue weighted by Gasteiger charge is -2.16. The average Bonchev–Trinajstić information content (AvgIpc) is 3.13. The molecule has 0 aliphatic heterocycles. The molecule has 1 aromatic carbocycles. The molecule has 2 aromatic heterocycles. The number of H-pyrrole nitrogens is 3. The second-order valence-corrected chi connectivity index (χ2v) is 8.10. The molecule has 0 amide bonds. The fourth-order valence-electron chi connectivity index (χ4n) is 3.11. The molecule has 0 spiro atoms. The second kappa shape index (κ2) is 8.41. The summed E-state index contributed by atoms with van der Waals surface area (Å²) >= 11 is 0. The topological polar surface area (TPSA) is 104 Å². The Labute approximate surface area is 173 Å². The second-order valence-electron chi connectivity index (χ2n) is 8.10. The SMILES string of the molecule is COc1cc(C)cc(/C=C/C=c2\[nH]c(=O)/c(=C/c3nc[nH]c3C(C)(C)C)[nH]c2=O)c1. The van der Waals surface area contributed by atoms with Gasteiger partial charge in [0.2, 0.25) is 0 Å². The van der Waals surface area contributed by atoms with Crippen LogP contribution in [0.4, 0.5) is 0 Å². The average molecular weight is 406 g/mol. The number of aryl methyl sites for hydroxylation is 1. The Balaban J connectivity index is 1.98. The van der Waals surface area contributed by atoms with Crippen LogP contribution >= 0.6 is 0 Å². The van der Waals surface area contributed by atoms with Gasteiger partial charge in [-0.05, 0) is 42.3 Å². The number of imidazole rings is 1. The molecule has 0 fully saturated rings. The first kappa shape index (κ1) is 21.1. The van der Waals surface area contributed by atoms with E-state index in [9.17, 15) is 9.59 Å². The predicted molar refractivity (Wildman–Crippen MR) is 119 cm³/mol. The highest BCUT2D eigenvalue weighted by atomic mass is 16.5. The van der Waals surface area contributed by atoms with E-state index in [1.807, 2.05) is 52.0 Å². The molecule has 3 aromatic rings. The highest BCUT2D eigenvalue weighted by Gasteiger charge is 2.19. The summed E-state index contributed by atoms with van der Waals surface area (Å²) in [7, 11) is 1.62. The van der Waals surface area contributed by atoms with Crippen molar-refractivity contribution in [3.8, 4) is 5.75 Å². The molecule has 0 radical (unpaired) electrons. The number of ether oxygens (including phenoxy) is 1. The largest absolute Gasteiger partial charge is 0.497 e. The molecule has 0 aliphatic rings. The van der Waals surface area contributed by atoms with E-state index in [0.29, 0.717) is 5.69 Å². The molecule has 3 N–H and O–H groups in total. The Kier molecular flexibility index (Phi) is 5.91. The summed E-state index contributed by atoms with van der Waals surface area (Å²) < 4.78 is 5.26. The highest BCUT2D eigenvalue weighted by molar-refractivity contribution is 5.59. The van der Waals surface area contributed by atoms with Crippen molar-refractivity contribution in [1.29, 1.82) is 0 Å². The zero-order valence-electron chi connectivity index (χ0n) is 17.8. The van der Waals surface area contributed by atoms with Crippen molar-refractivity contribution in [3.05, 3.63) is 84.5 Å².